The van der Waals surface area contributed by atoms with Gasteiger partial charge in [0.2, 0.25) is 21.8 Å². The molecule has 8 nitrogen and oxygen atoms in total. The van der Waals surface area contributed by atoms with Crippen molar-refractivity contribution < 1.29 is 17.6 Å². The van der Waals surface area contributed by atoms with Gasteiger partial charge in [0.15, 0.2) is 0 Å². The number of nitrogens with zero attached hydrogens (tertiary/aromatic N) is 3. The second-order valence-electron chi connectivity index (χ2n) is 7.21. The maximum Gasteiger partial charge on any atom is 0.277 e. The third kappa shape index (κ3) is 6.21. The van der Waals surface area contributed by atoms with Crippen LogP contribution in [0.4, 0.5) is 0 Å². The van der Waals surface area contributed by atoms with E-state index in [1.54, 1.807) is 32.0 Å². The third-order valence-electron chi connectivity index (χ3n) is 5.05. The van der Waals surface area contributed by atoms with Gasteiger partial charge in [-0.05, 0) is 30.2 Å². The quantitative estimate of drug-likeness (QED) is 0.407. The van der Waals surface area contributed by atoms with Gasteiger partial charge in [-0.25, -0.2) is 8.42 Å². The zero-order valence-corrected chi connectivity index (χ0v) is 20.5. The van der Waals surface area contributed by atoms with Crippen LogP contribution >= 0.6 is 11.8 Å². The average Bonchev–Trinajstić information content (AvgIpc) is 3.31. The van der Waals surface area contributed by atoms with Crippen LogP contribution in [0.1, 0.15) is 32.8 Å². The first-order valence-electron chi connectivity index (χ1n) is 10.8. The molecular formula is C23H28N4O4S2. The summed E-state index contributed by atoms with van der Waals surface area (Å²) in [4.78, 5) is 12.8. The molecule has 0 radical (unpaired) electrons. The van der Waals surface area contributed by atoms with Gasteiger partial charge in [-0.2, -0.15) is 4.31 Å². The Hall–Kier alpha value is -2.69. The summed E-state index contributed by atoms with van der Waals surface area (Å²) in [6.45, 7) is 6.72. The second kappa shape index (κ2) is 11.4. The van der Waals surface area contributed by atoms with Gasteiger partial charge in [-0.1, -0.05) is 68.9 Å². The molecule has 33 heavy (non-hydrogen) atoms. The molecule has 1 heterocycles. The molecular weight excluding hydrogens is 460 g/mol. The SMILES string of the molecule is CC[C@@H](Sc1nnc(-c2cccc(S(=O)(=O)N(CC)CC)c2)o1)C(=O)NCc1ccccc1. The minimum Gasteiger partial charge on any atom is -0.411 e. The Morgan fingerprint density at radius 3 is 2.45 bits per heavy atom. The summed E-state index contributed by atoms with van der Waals surface area (Å²) >= 11 is 1.19. The van der Waals surface area contributed by atoms with Crippen LogP contribution in [0.25, 0.3) is 11.5 Å². The number of sulfonamides is 1. The number of carbonyl (C=O) groups excluding carboxylic acids is 1. The molecule has 0 aliphatic carbocycles. The Bertz CT molecular complexity index is 1160. The van der Waals surface area contributed by atoms with E-state index < -0.39 is 15.3 Å². The van der Waals surface area contributed by atoms with Crippen molar-refractivity contribution in [3.8, 4) is 11.5 Å². The minimum absolute atomic E-state index is 0.113. The first kappa shape index (κ1) is 24.9. The molecule has 176 valence electrons. The van der Waals surface area contributed by atoms with Crippen molar-refractivity contribution in [1.29, 1.82) is 0 Å². The van der Waals surface area contributed by atoms with Gasteiger partial charge in [0.05, 0.1) is 10.1 Å². The molecule has 0 aliphatic rings. The van der Waals surface area contributed by atoms with E-state index >= 15 is 0 Å². The highest BCUT2D eigenvalue weighted by Crippen LogP contribution is 2.29. The van der Waals surface area contributed by atoms with Crippen molar-refractivity contribution >= 4 is 27.7 Å². The third-order valence-corrected chi connectivity index (χ3v) is 8.29. The lowest BCUT2D eigenvalue weighted by molar-refractivity contribution is -0.120. The zero-order chi connectivity index (χ0) is 23.8. The van der Waals surface area contributed by atoms with Gasteiger partial charge in [0.1, 0.15) is 0 Å². The molecule has 3 rings (SSSR count). The zero-order valence-electron chi connectivity index (χ0n) is 18.9. The van der Waals surface area contributed by atoms with E-state index in [-0.39, 0.29) is 21.9 Å². The number of thioether (sulfide) groups is 1. The summed E-state index contributed by atoms with van der Waals surface area (Å²) in [5, 5.41) is 10.9. The maximum absolute atomic E-state index is 12.8. The van der Waals surface area contributed by atoms with Crippen molar-refractivity contribution in [1.82, 2.24) is 19.8 Å². The molecule has 3 aromatic rings. The van der Waals surface area contributed by atoms with E-state index in [0.29, 0.717) is 31.6 Å². The predicted molar refractivity (Wildman–Crippen MR) is 128 cm³/mol. The number of benzene rings is 2. The molecule has 0 unspecified atom stereocenters. The van der Waals surface area contributed by atoms with Crippen molar-refractivity contribution in [2.75, 3.05) is 13.1 Å². The Kier molecular flexibility index (Phi) is 8.65. The summed E-state index contributed by atoms with van der Waals surface area (Å²) < 4.78 is 32.8. The highest BCUT2D eigenvalue weighted by molar-refractivity contribution is 8.00. The monoisotopic (exact) mass is 488 g/mol. The summed E-state index contributed by atoms with van der Waals surface area (Å²) in [6.07, 6.45) is 0.584. The highest BCUT2D eigenvalue weighted by atomic mass is 32.2. The molecule has 1 atom stereocenters. The number of hydrogen-bond donors (Lipinski definition) is 1. The fourth-order valence-electron chi connectivity index (χ4n) is 3.22. The van der Waals surface area contributed by atoms with Crippen molar-refractivity contribution in [3.05, 3.63) is 60.2 Å². The number of nitrogens with one attached hydrogen (secondary N) is 1. The summed E-state index contributed by atoms with van der Waals surface area (Å²) in [5.41, 5.74) is 1.52. The van der Waals surface area contributed by atoms with Crippen LogP contribution in [0.2, 0.25) is 0 Å². The lowest BCUT2D eigenvalue weighted by Crippen LogP contribution is -2.31. The standard InChI is InChI=1S/C23H28N4O4S2/c1-4-20(21(28)24-16-17-11-8-7-9-12-17)32-23-26-25-22(31-23)18-13-10-14-19(15-18)33(29,30)27(5-2)6-3/h7-15,20H,4-6,16H2,1-3H3,(H,24,28)/t20-/m1/s1. The van der Waals surface area contributed by atoms with E-state index in [4.69, 9.17) is 4.42 Å². The molecule has 2 aromatic carbocycles. The Morgan fingerprint density at radius 2 is 1.79 bits per heavy atom. The van der Waals surface area contributed by atoms with Crippen LogP contribution in [0.3, 0.4) is 0 Å². The van der Waals surface area contributed by atoms with Gasteiger partial charge >= 0.3 is 0 Å². The molecule has 1 aromatic heterocycles. The molecule has 10 heteroatoms. The van der Waals surface area contributed by atoms with Gasteiger partial charge in [-0.15, -0.1) is 10.2 Å². The molecule has 0 saturated carbocycles. The van der Waals surface area contributed by atoms with Gasteiger partial charge in [-0.3, -0.25) is 4.79 Å². The number of rotatable bonds is 11. The largest absolute Gasteiger partial charge is 0.411 e. The van der Waals surface area contributed by atoms with Gasteiger partial charge in [0.25, 0.3) is 5.22 Å². The topological polar surface area (TPSA) is 105 Å². The second-order valence-corrected chi connectivity index (χ2v) is 10.3. The molecule has 0 bridgehead atoms. The number of hydrogen-bond acceptors (Lipinski definition) is 7. The minimum atomic E-state index is -3.60. The first-order chi connectivity index (χ1) is 15.9. The fraction of sp³-hybridized carbons (Fsp3) is 0.348. The lowest BCUT2D eigenvalue weighted by Gasteiger charge is -2.18. The van der Waals surface area contributed by atoms with Gasteiger partial charge < -0.3 is 9.73 Å². The highest BCUT2D eigenvalue weighted by Gasteiger charge is 2.24. The lowest BCUT2D eigenvalue weighted by atomic mass is 10.2. The Morgan fingerprint density at radius 1 is 1.06 bits per heavy atom. The van der Waals surface area contributed by atoms with Crippen LogP contribution in [0, 0.1) is 0 Å². The first-order valence-corrected chi connectivity index (χ1v) is 13.1. The molecule has 0 aliphatic heterocycles. The predicted octanol–water partition coefficient (Wildman–Crippen LogP) is 3.95. The van der Waals surface area contributed by atoms with Crippen LogP contribution < -0.4 is 5.32 Å². The van der Waals surface area contributed by atoms with Crippen LogP contribution in [0.15, 0.2) is 69.1 Å². The van der Waals surface area contributed by atoms with Crippen molar-refractivity contribution in [2.45, 2.75) is 49.1 Å². The van der Waals surface area contributed by atoms with E-state index in [1.807, 2.05) is 37.3 Å². The normalized spacial score (nSPS) is 12.6. The van der Waals surface area contributed by atoms with E-state index in [0.717, 1.165) is 5.56 Å². The van der Waals surface area contributed by atoms with E-state index in [1.165, 1.54) is 22.1 Å². The van der Waals surface area contributed by atoms with Crippen LogP contribution in [0.5, 0.6) is 0 Å². The number of carbonyl (C=O) groups is 1. The number of amides is 1. The maximum atomic E-state index is 12.8. The summed E-state index contributed by atoms with van der Waals surface area (Å²) in [7, 11) is -3.60. The molecule has 0 fully saturated rings. The molecule has 0 saturated heterocycles. The summed E-state index contributed by atoms with van der Waals surface area (Å²) in [5.74, 6) is 0.0899. The van der Waals surface area contributed by atoms with Crippen molar-refractivity contribution in [2.24, 2.45) is 0 Å². The Labute approximate surface area is 198 Å². The molecule has 0 spiro atoms. The van der Waals surface area contributed by atoms with Gasteiger partial charge in [0, 0.05) is 25.2 Å². The van der Waals surface area contributed by atoms with E-state index in [2.05, 4.69) is 15.5 Å². The average molecular weight is 489 g/mol. The van der Waals surface area contributed by atoms with E-state index in [9.17, 15) is 13.2 Å². The van der Waals surface area contributed by atoms with Crippen molar-refractivity contribution in [3.63, 3.8) is 0 Å². The number of aromatic nitrogens is 2. The summed E-state index contributed by atoms with van der Waals surface area (Å²) in [6, 6.07) is 16.1. The Balaban J connectivity index is 1.70. The molecule has 1 amide bonds. The smallest absolute Gasteiger partial charge is 0.277 e. The fourth-order valence-corrected chi connectivity index (χ4v) is 5.54. The van der Waals surface area contributed by atoms with Crippen LogP contribution in [-0.4, -0.2) is 47.2 Å². The molecule has 1 N–H and O–H groups in total. The van der Waals surface area contributed by atoms with Crippen LogP contribution in [-0.2, 0) is 21.4 Å².